The summed E-state index contributed by atoms with van der Waals surface area (Å²) < 4.78 is 11.3. The summed E-state index contributed by atoms with van der Waals surface area (Å²) in [6.07, 6.45) is 0. The second kappa shape index (κ2) is 7.39. The third-order valence-electron chi connectivity index (χ3n) is 4.62. The lowest BCUT2D eigenvalue weighted by molar-refractivity contribution is 0.0780. The second-order valence-electron chi connectivity index (χ2n) is 6.32. The van der Waals surface area contributed by atoms with Crippen molar-refractivity contribution < 1.29 is 13.9 Å². The molecule has 0 radical (unpaired) electrons. The molecule has 2 atom stereocenters. The lowest BCUT2D eigenvalue weighted by atomic mass is 9.97. The van der Waals surface area contributed by atoms with E-state index in [0.717, 1.165) is 10.4 Å². The summed E-state index contributed by atoms with van der Waals surface area (Å²) in [6, 6.07) is 13.4. The van der Waals surface area contributed by atoms with E-state index in [9.17, 15) is 4.79 Å². The summed E-state index contributed by atoms with van der Waals surface area (Å²) in [5.74, 6) is 1.22. The van der Waals surface area contributed by atoms with Gasteiger partial charge in [0.25, 0.3) is 5.91 Å². The van der Waals surface area contributed by atoms with Gasteiger partial charge in [-0.25, -0.2) is 0 Å². The molecule has 1 saturated heterocycles. The molecule has 0 bridgehead atoms. The minimum atomic E-state index is -0.0242. The van der Waals surface area contributed by atoms with Crippen molar-refractivity contribution in [3.8, 4) is 11.5 Å². The van der Waals surface area contributed by atoms with Crippen molar-refractivity contribution in [1.29, 1.82) is 0 Å². The van der Waals surface area contributed by atoms with Gasteiger partial charge < -0.3 is 14.1 Å². The Kier molecular flexibility index (Phi) is 4.81. The van der Waals surface area contributed by atoms with Gasteiger partial charge in [-0.15, -0.1) is 21.5 Å². The highest BCUT2D eigenvalue weighted by atomic mass is 32.1. The number of hydrogen-bond donors (Lipinski definition) is 0. The topological polar surface area (TPSA) is 68.5 Å². The van der Waals surface area contributed by atoms with Crippen LogP contribution in [0.5, 0.6) is 0 Å². The summed E-state index contributed by atoms with van der Waals surface area (Å²) in [6.45, 7) is 1.72. The van der Waals surface area contributed by atoms with Crippen molar-refractivity contribution in [2.45, 2.75) is 5.92 Å². The number of carbonyl (C=O) groups is 1. The monoisotopic (exact) mass is 369 g/mol. The van der Waals surface area contributed by atoms with E-state index in [2.05, 4.69) is 10.2 Å². The molecule has 0 N–H and O–H groups in total. The van der Waals surface area contributed by atoms with Crippen LogP contribution >= 0.6 is 11.3 Å². The van der Waals surface area contributed by atoms with Crippen molar-refractivity contribution in [3.63, 3.8) is 0 Å². The van der Waals surface area contributed by atoms with E-state index < -0.39 is 0 Å². The smallest absolute Gasteiger partial charge is 0.263 e. The summed E-state index contributed by atoms with van der Waals surface area (Å²) in [5, 5.41) is 10.4. The van der Waals surface area contributed by atoms with Crippen molar-refractivity contribution in [2.75, 3.05) is 26.8 Å². The molecule has 1 aliphatic heterocycles. The predicted molar refractivity (Wildman–Crippen MR) is 98.1 cm³/mol. The quantitative estimate of drug-likeness (QED) is 0.690. The lowest BCUT2D eigenvalue weighted by Gasteiger charge is -2.14. The van der Waals surface area contributed by atoms with Gasteiger partial charge in [-0.2, -0.15) is 0 Å². The van der Waals surface area contributed by atoms with Gasteiger partial charge in [-0.1, -0.05) is 24.3 Å². The van der Waals surface area contributed by atoms with Gasteiger partial charge in [0, 0.05) is 31.7 Å². The van der Waals surface area contributed by atoms with E-state index in [1.54, 1.807) is 7.11 Å². The molecule has 26 heavy (non-hydrogen) atoms. The number of rotatable bonds is 5. The van der Waals surface area contributed by atoms with Crippen LogP contribution in [0.4, 0.5) is 0 Å². The molecule has 1 aromatic carbocycles. The number of benzene rings is 1. The molecule has 1 fully saturated rings. The maximum atomic E-state index is 12.7. The molecule has 3 heterocycles. The van der Waals surface area contributed by atoms with Crippen LogP contribution in [0.1, 0.15) is 21.5 Å². The average Bonchev–Trinajstić information content (AvgIpc) is 3.42. The number of thiophene rings is 1. The van der Waals surface area contributed by atoms with Gasteiger partial charge in [0.15, 0.2) is 0 Å². The molecular weight excluding hydrogens is 350 g/mol. The zero-order chi connectivity index (χ0) is 17.9. The first-order valence-corrected chi connectivity index (χ1v) is 9.34. The molecule has 2 aromatic heterocycles. The van der Waals surface area contributed by atoms with E-state index in [-0.39, 0.29) is 17.7 Å². The largest absolute Gasteiger partial charge is 0.420 e. The Labute approximate surface area is 155 Å². The van der Waals surface area contributed by atoms with Crippen LogP contribution in [0.15, 0.2) is 52.3 Å². The Balaban J connectivity index is 1.56. The standard InChI is InChI=1S/C19H19N3O3S/c1-24-12-14-10-22(19(23)16-8-5-9-26-16)11-15(14)18-21-20-17(25-18)13-6-3-2-4-7-13/h2-9,14-15H,10-12H2,1H3/t14-,15+/m0/s1. The van der Waals surface area contributed by atoms with E-state index in [4.69, 9.17) is 9.15 Å². The zero-order valence-corrected chi connectivity index (χ0v) is 15.2. The zero-order valence-electron chi connectivity index (χ0n) is 14.4. The fourth-order valence-electron chi connectivity index (χ4n) is 3.34. The van der Waals surface area contributed by atoms with Crippen LogP contribution in [-0.2, 0) is 4.74 Å². The Morgan fingerprint density at radius 1 is 1.23 bits per heavy atom. The molecule has 3 aromatic rings. The summed E-state index contributed by atoms with van der Waals surface area (Å²) in [5.41, 5.74) is 0.888. The van der Waals surface area contributed by atoms with Crippen LogP contribution in [0, 0.1) is 5.92 Å². The van der Waals surface area contributed by atoms with Gasteiger partial charge in [0.05, 0.1) is 17.4 Å². The van der Waals surface area contributed by atoms with Crippen LogP contribution in [0.2, 0.25) is 0 Å². The highest BCUT2D eigenvalue weighted by Gasteiger charge is 2.39. The fourth-order valence-corrected chi connectivity index (χ4v) is 4.03. The highest BCUT2D eigenvalue weighted by molar-refractivity contribution is 7.12. The third-order valence-corrected chi connectivity index (χ3v) is 5.48. The van der Waals surface area contributed by atoms with E-state index in [1.165, 1.54) is 11.3 Å². The summed E-state index contributed by atoms with van der Waals surface area (Å²) in [7, 11) is 1.67. The molecule has 1 amide bonds. The van der Waals surface area contributed by atoms with Gasteiger partial charge >= 0.3 is 0 Å². The number of amides is 1. The van der Waals surface area contributed by atoms with Crippen molar-refractivity contribution >= 4 is 17.2 Å². The first kappa shape index (κ1) is 16.9. The number of likely N-dealkylation sites (tertiary alicyclic amines) is 1. The normalized spacial score (nSPS) is 19.8. The van der Waals surface area contributed by atoms with Crippen molar-refractivity contribution in [1.82, 2.24) is 15.1 Å². The van der Waals surface area contributed by atoms with Crippen LogP contribution < -0.4 is 0 Å². The summed E-state index contributed by atoms with van der Waals surface area (Å²) >= 11 is 1.46. The fraction of sp³-hybridized carbons (Fsp3) is 0.316. The minimum absolute atomic E-state index is 0.0242. The van der Waals surface area contributed by atoms with Crippen molar-refractivity contribution in [3.05, 3.63) is 58.6 Å². The third kappa shape index (κ3) is 3.27. The molecule has 7 heteroatoms. The second-order valence-corrected chi connectivity index (χ2v) is 7.27. The molecular formula is C19H19N3O3S. The molecule has 4 rings (SSSR count). The first-order valence-electron chi connectivity index (χ1n) is 8.47. The number of carbonyl (C=O) groups excluding carboxylic acids is 1. The Hall–Kier alpha value is -2.51. The van der Waals surface area contributed by atoms with E-state index >= 15 is 0 Å². The van der Waals surface area contributed by atoms with Crippen molar-refractivity contribution in [2.24, 2.45) is 5.92 Å². The predicted octanol–water partition coefficient (Wildman–Crippen LogP) is 3.30. The number of ether oxygens (including phenoxy) is 1. The molecule has 0 aliphatic carbocycles. The van der Waals surface area contributed by atoms with Crippen LogP contribution in [-0.4, -0.2) is 47.8 Å². The first-order chi connectivity index (χ1) is 12.8. The van der Waals surface area contributed by atoms with Gasteiger partial charge in [0.2, 0.25) is 11.8 Å². The summed E-state index contributed by atoms with van der Waals surface area (Å²) in [4.78, 5) is 15.3. The van der Waals surface area contributed by atoms with E-state index in [1.807, 2.05) is 52.7 Å². The highest BCUT2D eigenvalue weighted by Crippen LogP contribution is 2.34. The number of hydrogen-bond acceptors (Lipinski definition) is 6. The molecule has 0 saturated carbocycles. The Morgan fingerprint density at radius 2 is 2.08 bits per heavy atom. The average molecular weight is 369 g/mol. The van der Waals surface area contributed by atoms with Gasteiger partial charge in [-0.3, -0.25) is 4.79 Å². The maximum absolute atomic E-state index is 12.7. The van der Waals surface area contributed by atoms with Crippen LogP contribution in [0.3, 0.4) is 0 Å². The number of aromatic nitrogens is 2. The lowest BCUT2D eigenvalue weighted by Crippen LogP contribution is -2.28. The molecule has 0 unspecified atom stereocenters. The number of nitrogens with zero attached hydrogens (tertiary/aromatic N) is 3. The molecule has 134 valence electrons. The SMILES string of the molecule is COC[C@@H]1CN(C(=O)c2cccs2)C[C@H]1c1nnc(-c2ccccc2)o1. The Bertz CT molecular complexity index is 863. The molecule has 0 spiro atoms. The number of methoxy groups -OCH3 is 1. The van der Waals surface area contributed by atoms with Crippen LogP contribution in [0.25, 0.3) is 11.5 Å². The van der Waals surface area contributed by atoms with E-state index in [0.29, 0.717) is 31.5 Å². The van der Waals surface area contributed by atoms with Gasteiger partial charge in [0.1, 0.15) is 0 Å². The van der Waals surface area contributed by atoms with Gasteiger partial charge in [-0.05, 0) is 23.6 Å². The molecule has 6 nitrogen and oxygen atoms in total. The minimum Gasteiger partial charge on any atom is -0.420 e. The maximum Gasteiger partial charge on any atom is 0.263 e. The molecule has 1 aliphatic rings. The Morgan fingerprint density at radius 3 is 2.81 bits per heavy atom.